The molecule has 1 rings (SSSR count). The molecule has 1 heterocycles. The fourth-order valence-electron chi connectivity index (χ4n) is 0.582. The molecule has 0 spiro atoms. The van der Waals surface area contributed by atoms with Crippen molar-refractivity contribution in [3.05, 3.63) is 35.6 Å². The molecule has 0 aromatic carbocycles. The zero-order valence-electron chi connectivity index (χ0n) is 5.21. The lowest BCUT2D eigenvalue weighted by molar-refractivity contribution is 0.513. The van der Waals surface area contributed by atoms with Gasteiger partial charge in [-0.05, 0) is 12.1 Å². The molecule has 0 aliphatic rings. The molecule has 0 aliphatic heterocycles. The summed E-state index contributed by atoms with van der Waals surface area (Å²) in [6.45, 7) is 3.34. The van der Waals surface area contributed by atoms with E-state index in [1.54, 1.807) is 12.1 Å². The molecule has 0 saturated carbocycles. The van der Waals surface area contributed by atoms with Crippen molar-refractivity contribution in [3.63, 3.8) is 0 Å². The Hall–Kier alpha value is -1.02. The van der Waals surface area contributed by atoms with Gasteiger partial charge in [0.15, 0.2) is 0 Å². The van der Waals surface area contributed by atoms with Crippen molar-refractivity contribution in [2.24, 2.45) is 0 Å². The van der Waals surface area contributed by atoms with Crippen LogP contribution in [-0.4, -0.2) is 10.1 Å². The molecule has 0 aliphatic carbocycles. The number of aliphatic hydroxyl groups is 1. The number of nitrogens with zero attached hydrogens (tertiary/aromatic N) is 1. The average molecular weight is 156 g/mol. The molecule has 0 radical (unpaired) electrons. The molecule has 0 bridgehead atoms. The Bertz CT molecular complexity index is 260. The lowest BCUT2D eigenvalue weighted by Crippen LogP contribution is -1.81. The van der Waals surface area contributed by atoms with E-state index in [4.69, 9.17) is 16.7 Å². The van der Waals surface area contributed by atoms with Crippen LogP contribution >= 0.6 is 11.6 Å². The zero-order valence-corrected chi connectivity index (χ0v) is 5.97. The SMILES string of the molecule is C=C(O)c1ccnc(Cl)c1. The van der Waals surface area contributed by atoms with E-state index in [1.165, 1.54) is 6.20 Å². The van der Waals surface area contributed by atoms with Crippen molar-refractivity contribution in [1.82, 2.24) is 4.98 Å². The quantitative estimate of drug-likeness (QED) is 0.499. The number of hydrogen-bond acceptors (Lipinski definition) is 2. The standard InChI is InChI=1S/C7H6ClNO/c1-5(10)6-2-3-9-7(8)4-6/h2-4,10H,1H2. The van der Waals surface area contributed by atoms with Gasteiger partial charge in [-0.15, -0.1) is 0 Å². The Morgan fingerprint density at radius 1 is 1.70 bits per heavy atom. The van der Waals surface area contributed by atoms with Gasteiger partial charge in [0, 0.05) is 11.8 Å². The summed E-state index contributed by atoms with van der Waals surface area (Å²) >= 11 is 5.53. The molecule has 0 unspecified atom stereocenters. The topological polar surface area (TPSA) is 33.1 Å². The van der Waals surface area contributed by atoms with E-state index in [9.17, 15) is 0 Å². The van der Waals surface area contributed by atoms with Crippen molar-refractivity contribution in [3.8, 4) is 0 Å². The summed E-state index contributed by atoms with van der Waals surface area (Å²) in [5, 5.41) is 9.22. The number of hydrogen-bond donors (Lipinski definition) is 1. The molecule has 10 heavy (non-hydrogen) atoms. The van der Waals surface area contributed by atoms with Crippen molar-refractivity contribution in [1.29, 1.82) is 0 Å². The highest BCUT2D eigenvalue weighted by molar-refractivity contribution is 6.29. The van der Waals surface area contributed by atoms with Crippen LogP contribution in [0.25, 0.3) is 5.76 Å². The molecule has 0 fully saturated rings. The summed E-state index contributed by atoms with van der Waals surface area (Å²) in [7, 11) is 0. The van der Waals surface area contributed by atoms with Gasteiger partial charge in [0.2, 0.25) is 0 Å². The Kier molecular flexibility index (Phi) is 1.92. The molecule has 2 nitrogen and oxygen atoms in total. The van der Waals surface area contributed by atoms with Crippen LogP contribution in [0.2, 0.25) is 5.15 Å². The summed E-state index contributed by atoms with van der Waals surface area (Å²) in [6, 6.07) is 3.18. The van der Waals surface area contributed by atoms with Gasteiger partial charge < -0.3 is 5.11 Å². The maximum absolute atomic E-state index is 8.87. The molecule has 1 aromatic rings. The van der Waals surface area contributed by atoms with Gasteiger partial charge in [-0.2, -0.15) is 0 Å². The normalized spacial score (nSPS) is 9.30. The number of aliphatic hydroxyl groups excluding tert-OH is 1. The summed E-state index contributed by atoms with van der Waals surface area (Å²) in [5.41, 5.74) is 0.597. The van der Waals surface area contributed by atoms with Crippen LogP contribution in [0.15, 0.2) is 24.9 Å². The third-order valence-corrected chi connectivity index (χ3v) is 1.27. The monoisotopic (exact) mass is 155 g/mol. The lowest BCUT2D eigenvalue weighted by atomic mass is 10.2. The predicted octanol–water partition coefficient (Wildman–Crippen LogP) is 2.26. The molecule has 1 aromatic heterocycles. The van der Waals surface area contributed by atoms with E-state index in [2.05, 4.69) is 11.6 Å². The van der Waals surface area contributed by atoms with Crippen molar-refractivity contribution < 1.29 is 5.11 Å². The Morgan fingerprint density at radius 3 is 2.80 bits per heavy atom. The van der Waals surface area contributed by atoms with E-state index in [0.29, 0.717) is 10.7 Å². The molecule has 0 saturated heterocycles. The van der Waals surface area contributed by atoms with E-state index in [-0.39, 0.29) is 5.76 Å². The summed E-state index contributed by atoms with van der Waals surface area (Å²) in [5.74, 6) is 0.00398. The molecule has 3 heteroatoms. The minimum absolute atomic E-state index is 0.00398. The summed E-state index contributed by atoms with van der Waals surface area (Å²) < 4.78 is 0. The Balaban J connectivity index is 3.07. The van der Waals surface area contributed by atoms with Crippen LogP contribution < -0.4 is 0 Å². The van der Waals surface area contributed by atoms with Crippen molar-refractivity contribution in [2.75, 3.05) is 0 Å². The van der Waals surface area contributed by atoms with Gasteiger partial charge in [-0.3, -0.25) is 0 Å². The van der Waals surface area contributed by atoms with Crippen LogP contribution in [0.5, 0.6) is 0 Å². The number of pyridine rings is 1. The van der Waals surface area contributed by atoms with Gasteiger partial charge in [0.1, 0.15) is 10.9 Å². The number of halogens is 1. The zero-order chi connectivity index (χ0) is 7.56. The predicted molar refractivity (Wildman–Crippen MR) is 40.9 cm³/mol. The van der Waals surface area contributed by atoms with Crippen LogP contribution in [0.3, 0.4) is 0 Å². The first-order valence-corrected chi connectivity index (χ1v) is 3.08. The highest BCUT2D eigenvalue weighted by Crippen LogP contribution is 2.11. The molecule has 0 amide bonds. The maximum atomic E-state index is 8.87. The minimum atomic E-state index is 0.00398. The van der Waals surface area contributed by atoms with Gasteiger partial charge in [0.05, 0.1) is 0 Å². The van der Waals surface area contributed by atoms with Crippen LogP contribution in [0.4, 0.5) is 0 Å². The van der Waals surface area contributed by atoms with Crippen LogP contribution in [-0.2, 0) is 0 Å². The second kappa shape index (κ2) is 2.71. The number of aromatic nitrogens is 1. The highest BCUT2D eigenvalue weighted by Gasteiger charge is 1.95. The molecular formula is C7H6ClNO. The third kappa shape index (κ3) is 1.48. The lowest BCUT2D eigenvalue weighted by Gasteiger charge is -1.95. The second-order valence-electron chi connectivity index (χ2n) is 1.81. The Morgan fingerprint density at radius 2 is 2.40 bits per heavy atom. The summed E-state index contributed by atoms with van der Waals surface area (Å²) in [6.07, 6.45) is 1.51. The average Bonchev–Trinajstić information content (AvgIpc) is 1.88. The maximum Gasteiger partial charge on any atom is 0.129 e. The largest absolute Gasteiger partial charge is 0.508 e. The van der Waals surface area contributed by atoms with Crippen LogP contribution in [0, 0.1) is 0 Å². The Labute approximate surface area is 63.8 Å². The van der Waals surface area contributed by atoms with Gasteiger partial charge in [-0.1, -0.05) is 18.2 Å². The van der Waals surface area contributed by atoms with E-state index in [1.807, 2.05) is 0 Å². The minimum Gasteiger partial charge on any atom is -0.508 e. The first-order chi connectivity index (χ1) is 4.70. The van der Waals surface area contributed by atoms with Crippen LogP contribution in [0.1, 0.15) is 5.56 Å². The fourth-order valence-corrected chi connectivity index (χ4v) is 0.756. The summed E-state index contributed by atoms with van der Waals surface area (Å²) in [4.78, 5) is 3.74. The van der Waals surface area contributed by atoms with E-state index >= 15 is 0 Å². The molecular weight excluding hydrogens is 150 g/mol. The first kappa shape index (κ1) is 7.09. The first-order valence-electron chi connectivity index (χ1n) is 2.70. The smallest absolute Gasteiger partial charge is 0.129 e. The highest BCUT2D eigenvalue weighted by atomic mass is 35.5. The van der Waals surface area contributed by atoms with Crippen molar-refractivity contribution in [2.45, 2.75) is 0 Å². The van der Waals surface area contributed by atoms with Gasteiger partial charge in [0.25, 0.3) is 0 Å². The molecule has 52 valence electrons. The van der Waals surface area contributed by atoms with Crippen molar-refractivity contribution >= 4 is 17.4 Å². The second-order valence-corrected chi connectivity index (χ2v) is 2.20. The van der Waals surface area contributed by atoms with Gasteiger partial charge in [-0.25, -0.2) is 4.98 Å². The van der Waals surface area contributed by atoms with Gasteiger partial charge >= 0.3 is 0 Å². The van der Waals surface area contributed by atoms with E-state index in [0.717, 1.165) is 0 Å². The van der Waals surface area contributed by atoms with E-state index < -0.39 is 0 Å². The molecule has 0 atom stereocenters. The third-order valence-electron chi connectivity index (χ3n) is 1.06. The fraction of sp³-hybridized carbons (Fsp3) is 0. The molecule has 1 N–H and O–H groups in total. The number of rotatable bonds is 1.